The summed E-state index contributed by atoms with van der Waals surface area (Å²) in [5.74, 6) is 1.95. The minimum atomic E-state index is -0.0868. The highest BCUT2D eigenvalue weighted by Crippen LogP contribution is 2.40. The molecule has 0 radical (unpaired) electrons. The van der Waals surface area contributed by atoms with Gasteiger partial charge in [-0.2, -0.15) is 0 Å². The van der Waals surface area contributed by atoms with Crippen LogP contribution in [-0.4, -0.2) is 17.6 Å². The third kappa shape index (κ3) is 2.74. The van der Waals surface area contributed by atoms with E-state index in [2.05, 4.69) is 10.5 Å². The van der Waals surface area contributed by atoms with Gasteiger partial charge in [-0.15, -0.1) is 0 Å². The number of aromatic nitrogens is 1. The molecular weight excluding hydrogens is 228 g/mol. The third-order valence-electron chi connectivity index (χ3n) is 4.02. The molecule has 18 heavy (non-hydrogen) atoms. The van der Waals surface area contributed by atoms with Crippen molar-refractivity contribution in [2.75, 3.05) is 6.54 Å². The van der Waals surface area contributed by atoms with Gasteiger partial charge in [-0.05, 0) is 31.6 Å². The van der Waals surface area contributed by atoms with Crippen molar-refractivity contribution in [2.24, 2.45) is 5.92 Å². The highest BCUT2D eigenvalue weighted by molar-refractivity contribution is 5.92. The first-order valence-corrected chi connectivity index (χ1v) is 7.08. The Hall–Kier alpha value is -1.32. The molecule has 1 aromatic rings. The Balaban J connectivity index is 1.50. The summed E-state index contributed by atoms with van der Waals surface area (Å²) < 4.78 is 5.19. The average Bonchev–Trinajstić information content (AvgIpc) is 3.15. The van der Waals surface area contributed by atoms with Crippen LogP contribution in [0.5, 0.6) is 0 Å². The summed E-state index contributed by atoms with van der Waals surface area (Å²) in [4.78, 5) is 11.9. The first kappa shape index (κ1) is 11.8. The molecule has 1 aromatic heterocycles. The second kappa shape index (κ2) is 5.12. The Morgan fingerprint density at radius 1 is 1.28 bits per heavy atom. The number of rotatable bonds is 4. The van der Waals surface area contributed by atoms with E-state index in [0.717, 1.165) is 12.3 Å². The van der Waals surface area contributed by atoms with Crippen LogP contribution in [0.2, 0.25) is 0 Å². The molecule has 0 atom stereocenters. The third-order valence-corrected chi connectivity index (χ3v) is 4.02. The van der Waals surface area contributed by atoms with Gasteiger partial charge in [0.2, 0.25) is 0 Å². The maximum atomic E-state index is 11.9. The van der Waals surface area contributed by atoms with Crippen molar-refractivity contribution in [3.05, 3.63) is 17.5 Å². The van der Waals surface area contributed by atoms with E-state index >= 15 is 0 Å². The zero-order chi connectivity index (χ0) is 12.4. The standard InChI is InChI=1S/C14H20N2O2/c17-14(15-9-10-4-2-1-3-5-10)12-8-13(18-16-12)11-6-7-11/h8,10-11H,1-7,9H2,(H,15,17). The van der Waals surface area contributed by atoms with E-state index < -0.39 is 0 Å². The zero-order valence-corrected chi connectivity index (χ0v) is 10.7. The van der Waals surface area contributed by atoms with Gasteiger partial charge in [0.05, 0.1) is 0 Å². The predicted octanol–water partition coefficient (Wildman–Crippen LogP) is 2.86. The lowest BCUT2D eigenvalue weighted by Gasteiger charge is -2.21. The molecule has 4 heteroatoms. The summed E-state index contributed by atoms with van der Waals surface area (Å²) in [5.41, 5.74) is 0.438. The van der Waals surface area contributed by atoms with Crippen molar-refractivity contribution >= 4 is 5.91 Å². The van der Waals surface area contributed by atoms with Gasteiger partial charge in [-0.3, -0.25) is 4.79 Å². The number of nitrogens with zero attached hydrogens (tertiary/aromatic N) is 1. The lowest BCUT2D eigenvalue weighted by atomic mass is 9.89. The molecule has 0 bridgehead atoms. The molecule has 1 amide bonds. The minimum Gasteiger partial charge on any atom is -0.360 e. The van der Waals surface area contributed by atoms with Crippen LogP contribution in [0.4, 0.5) is 0 Å². The second-order valence-corrected chi connectivity index (χ2v) is 5.60. The monoisotopic (exact) mass is 248 g/mol. The van der Waals surface area contributed by atoms with Crippen LogP contribution in [0.1, 0.15) is 67.1 Å². The van der Waals surface area contributed by atoms with E-state index in [1.807, 2.05) is 0 Å². The smallest absolute Gasteiger partial charge is 0.273 e. The normalized spacial score (nSPS) is 20.9. The fraction of sp³-hybridized carbons (Fsp3) is 0.714. The molecule has 0 saturated heterocycles. The molecule has 2 aliphatic rings. The van der Waals surface area contributed by atoms with Crippen LogP contribution in [0.25, 0.3) is 0 Å². The van der Waals surface area contributed by atoms with Crippen LogP contribution in [0.3, 0.4) is 0 Å². The summed E-state index contributed by atoms with van der Waals surface area (Å²) in [6, 6.07) is 1.80. The van der Waals surface area contributed by atoms with Gasteiger partial charge in [0.15, 0.2) is 5.69 Å². The maximum absolute atomic E-state index is 11.9. The molecule has 2 aliphatic carbocycles. The van der Waals surface area contributed by atoms with E-state index in [1.54, 1.807) is 6.07 Å². The van der Waals surface area contributed by atoms with Gasteiger partial charge in [0.25, 0.3) is 5.91 Å². The Bertz CT molecular complexity index is 417. The molecule has 98 valence electrons. The average molecular weight is 248 g/mol. The van der Waals surface area contributed by atoms with Crippen LogP contribution in [-0.2, 0) is 0 Å². The van der Waals surface area contributed by atoms with Crippen molar-refractivity contribution in [3.8, 4) is 0 Å². The molecule has 0 unspecified atom stereocenters. The van der Waals surface area contributed by atoms with Gasteiger partial charge in [0, 0.05) is 18.5 Å². The molecule has 4 nitrogen and oxygen atoms in total. The first-order chi connectivity index (χ1) is 8.83. The lowest BCUT2D eigenvalue weighted by Crippen LogP contribution is -2.30. The summed E-state index contributed by atoms with van der Waals surface area (Å²) >= 11 is 0. The van der Waals surface area contributed by atoms with E-state index in [1.165, 1.54) is 44.9 Å². The number of hydrogen-bond acceptors (Lipinski definition) is 3. The Labute approximate surface area is 107 Å². The molecule has 0 spiro atoms. The number of nitrogens with one attached hydrogen (secondary N) is 1. The summed E-state index contributed by atoms with van der Waals surface area (Å²) in [6.45, 7) is 0.782. The number of hydrogen-bond donors (Lipinski definition) is 1. The van der Waals surface area contributed by atoms with Crippen molar-refractivity contribution in [1.82, 2.24) is 10.5 Å². The van der Waals surface area contributed by atoms with E-state index in [-0.39, 0.29) is 5.91 Å². The Morgan fingerprint density at radius 3 is 2.78 bits per heavy atom. The van der Waals surface area contributed by atoms with Gasteiger partial charge < -0.3 is 9.84 Å². The Morgan fingerprint density at radius 2 is 2.06 bits per heavy atom. The summed E-state index contributed by atoms with van der Waals surface area (Å²) in [6.07, 6.45) is 8.76. The van der Waals surface area contributed by atoms with E-state index in [9.17, 15) is 4.79 Å². The number of carbonyl (C=O) groups excluding carboxylic acids is 1. The van der Waals surface area contributed by atoms with Crippen molar-refractivity contribution in [3.63, 3.8) is 0 Å². The molecule has 1 heterocycles. The summed E-state index contributed by atoms with van der Waals surface area (Å²) in [7, 11) is 0. The molecule has 0 aliphatic heterocycles. The summed E-state index contributed by atoms with van der Waals surface area (Å²) in [5, 5.41) is 6.83. The van der Waals surface area contributed by atoms with E-state index in [4.69, 9.17) is 4.52 Å². The highest BCUT2D eigenvalue weighted by atomic mass is 16.5. The predicted molar refractivity (Wildman–Crippen MR) is 67.4 cm³/mol. The minimum absolute atomic E-state index is 0.0868. The Kier molecular flexibility index (Phi) is 3.35. The largest absolute Gasteiger partial charge is 0.360 e. The van der Waals surface area contributed by atoms with Gasteiger partial charge in [0.1, 0.15) is 5.76 Å². The lowest BCUT2D eigenvalue weighted by molar-refractivity contribution is 0.0934. The molecule has 2 saturated carbocycles. The fourth-order valence-electron chi connectivity index (χ4n) is 2.68. The van der Waals surface area contributed by atoms with Crippen LogP contribution >= 0.6 is 0 Å². The quantitative estimate of drug-likeness (QED) is 0.891. The van der Waals surface area contributed by atoms with Crippen LogP contribution in [0, 0.1) is 5.92 Å². The SMILES string of the molecule is O=C(NCC1CCCCC1)c1cc(C2CC2)on1. The van der Waals surface area contributed by atoms with Crippen LogP contribution < -0.4 is 5.32 Å². The molecule has 3 rings (SSSR count). The zero-order valence-electron chi connectivity index (χ0n) is 10.7. The van der Waals surface area contributed by atoms with Gasteiger partial charge in [-0.1, -0.05) is 24.4 Å². The number of carbonyl (C=O) groups is 1. The molecule has 0 aromatic carbocycles. The topological polar surface area (TPSA) is 55.1 Å². The van der Waals surface area contributed by atoms with Gasteiger partial charge >= 0.3 is 0 Å². The van der Waals surface area contributed by atoms with Gasteiger partial charge in [-0.25, -0.2) is 0 Å². The van der Waals surface area contributed by atoms with Crippen molar-refractivity contribution < 1.29 is 9.32 Å². The molecule has 1 N–H and O–H groups in total. The van der Waals surface area contributed by atoms with Crippen molar-refractivity contribution in [1.29, 1.82) is 0 Å². The fourth-order valence-corrected chi connectivity index (χ4v) is 2.68. The second-order valence-electron chi connectivity index (χ2n) is 5.60. The van der Waals surface area contributed by atoms with Crippen molar-refractivity contribution in [2.45, 2.75) is 50.9 Å². The highest BCUT2D eigenvalue weighted by Gasteiger charge is 2.29. The molecule has 2 fully saturated rings. The van der Waals surface area contributed by atoms with Crippen LogP contribution in [0.15, 0.2) is 10.6 Å². The first-order valence-electron chi connectivity index (χ1n) is 7.08. The molecular formula is C14H20N2O2. The number of amides is 1. The van der Waals surface area contributed by atoms with E-state index in [0.29, 0.717) is 17.5 Å². The maximum Gasteiger partial charge on any atom is 0.273 e.